The van der Waals surface area contributed by atoms with Crippen molar-refractivity contribution in [1.29, 1.82) is 0 Å². The second-order valence-corrected chi connectivity index (χ2v) is 4.95. The van der Waals surface area contributed by atoms with Crippen molar-refractivity contribution in [1.82, 2.24) is 5.32 Å². The van der Waals surface area contributed by atoms with Crippen molar-refractivity contribution in [3.63, 3.8) is 0 Å². The van der Waals surface area contributed by atoms with Crippen LogP contribution >= 0.6 is 0 Å². The number of hydrogen-bond donors (Lipinski definition) is 1. The highest BCUT2D eigenvalue weighted by atomic mass is 16.5. The standard InChI is InChI=1S/C13H25NO2/c1-4-10(2)12(13(15)16-3)14-9-11-7-5-6-8-11/h10-12,14H,4-9H2,1-3H3. The van der Waals surface area contributed by atoms with E-state index in [4.69, 9.17) is 4.74 Å². The smallest absolute Gasteiger partial charge is 0.323 e. The predicted octanol–water partition coefficient (Wildman–Crippen LogP) is 2.35. The molecule has 0 amide bonds. The van der Waals surface area contributed by atoms with Gasteiger partial charge in [-0.05, 0) is 31.2 Å². The molecule has 1 saturated carbocycles. The van der Waals surface area contributed by atoms with Gasteiger partial charge in [0.05, 0.1) is 7.11 Å². The molecule has 0 saturated heterocycles. The molecule has 0 bridgehead atoms. The monoisotopic (exact) mass is 227 g/mol. The summed E-state index contributed by atoms with van der Waals surface area (Å²) in [6.45, 7) is 5.17. The van der Waals surface area contributed by atoms with E-state index in [-0.39, 0.29) is 12.0 Å². The Bertz CT molecular complexity index is 212. The Balaban J connectivity index is 2.39. The third-order valence-corrected chi connectivity index (χ3v) is 3.77. The Morgan fingerprint density at radius 2 is 2.06 bits per heavy atom. The third kappa shape index (κ3) is 3.78. The van der Waals surface area contributed by atoms with Gasteiger partial charge in [-0.2, -0.15) is 0 Å². The van der Waals surface area contributed by atoms with Crippen LogP contribution in [0.1, 0.15) is 46.0 Å². The molecule has 0 heterocycles. The zero-order chi connectivity index (χ0) is 12.0. The van der Waals surface area contributed by atoms with Gasteiger partial charge >= 0.3 is 5.97 Å². The lowest BCUT2D eigenvalue weighted by atomic mass is 9.98. The van der Waals surface area contributed by atoms with Crippen LogP contribution in [0.15, 0.2) is 0 Å². The van der Waals surface area contributed by atoms with Crippen LogP contribution in [0.2, 0.25) is 0 Å². The highest BCUT2D eigenvalue weighted by molar-refractivity contribution is 5.75. The van der Waals surface area contributed by atoms with Crippen molar-refractivity contribution in [2.24, 2.45) is 11.8 Å². The van der Waals surface area contributed by atoms with Gasteiger partial charge in [-0.15, -0.1) is 0 Å². The van der Waals surface area contributed by atoms with E-state index < -0.39 is 0 Å². The number of carbonyl (C=O) groups excluding carboxylic acids is 1. The van der Waals surface area contributed by atoms with Gasteiger partial charge in [0.1, 0.15) is 6.04 Å². The Kier molecular flexibility index (Phi) is 5.81. The number of nitrogens with one attached hydrogen (secondary N) is 1. The minimum Gasteiger partial charge on any atom is -0.468 e. The lowest BCUT2D eigenvalue weighted by molar-refractivity contribution is -0.144. The summed E-state index contributed by atoms with van der Waals surface area (Å²) < 4.78 is 4.85. The van der Waals surface area contributed by atoms with Gasteiger partial charge in [0.15, 0.2) is 0 Å². The number of ether oxygens (including phenoxy) is 1. The van der Waals surface area contributed by atoms with Crippen LogP contribution < -0.4 is 5.32 Å². The zero-order valence-electron chi connectivity index (χ0n) is 10.8. The van der Waals surface area contributed by atoms with Crippen LogP contribution in [-0.2, 0) is 9.53 Å². The molecule has 1 N–H and O–H groups in total. The maximum atomic E-state index is 11.6. The predicted molar refractivity (Wildman–Crippen MR) is 65.2 cm³/mol. The van der Waals surface area contributed by atoms with Gasteiger partial charge in [0.25, 0.3) is 0 Å². The first-order valence-electron chi connectivity index (χ1n) is 6.50. The van der Waals surface area contributed by atoms with E-state index in [0.717, 1.165) is 18.9 Å². The topological polar surface area (TPSA) is 38.3 Å². The highest BCUT2D eigenvalue weighted by Gasteiger charge is 2.25. The molecule has 0 radical (unpaired) electrons. The van der Waals surface area contributed by atoms with Crippen LogP contribution in [-0.4, -0.2) is 25.7 Å². The van der Waals surface area contributed by atoms with Crippen LogP contribution in [0.25, 0.3) is 0 Å². The number of esters is 1. The number of methoxy groups -OCH3 is 1. The first-order valence-corrected chi connectivity index (χ1v) is 6.50. The quantitative estimate of drug-likeness (QED) is 0.708. The Hall–Kier alpha value is -0.570. The average molecular weight is 227 g/mol. The molecule has 16 heavy (non-hydrogen) atoms. The summed E-state index contributed by atoms with van der Waals surface area (Å²) in [5.41, 5.74) is 0. The van der Waals surface area contributed by atoms with Crippen molar-refractivity contribution in [3.05, 3.63) is 0 Å². The summed E-state index contributed by atoms with van der Waals surface area (Å²) in [5, 5.41) is 3.39. The molecule has 0 aromatic rings. The summed E-state index contributed by atoms with van der Waals surface area (Å²) >= 11 is 0. The minimum atomic E-state index is -0.129. The van der Waals surface area contributed by atoms with Gasteiger partial charge in [-0.1, -0.05) is 33.1 Å². The number of carbonyl (C=O) groups is 1. The minimum absolute atomic E-state index is 0.118. The summed E-state index contributed by atoms with van der Waals surface area (Å²) in [5.74, 6) is 0.984. The van der Waals surface area contributed by atoms with Crippen LogP contribution in [0.5, 0.6) is 0 Å². The normalized spacial score (nSPS) is 20.7. The van der Waals surface area contributed by atoms with Crippen molar-refractivity contribution >= 4 is 5.97 Å². The van der Waals surface area contributed by atoms with Crippen molar-refractivity contribution < 1.29 is 9.53 Å². The van der Waals surface area contributed by atoms with Gasteiger partial charge < -0.3 is 10.1 Å². The fraction of sp³-hybridized carbons (Fsp3) is 0.923. The molecular weight excluding hydrogens is 202 g/mol. The molecule has 2 atom stereocenters. The molecule has 1 rings (SSSR count). The largest absolute Gasteiger partial charge is 0.468 e. The first kappa shape index (κ1) is 13.5. The van der Waals surface area contributed by atoms with Crippen LogP contribution in [0.3, 0.4) is 0 Å². The lowest BCUT2D eigenvalue weighted by Crippen LogP contribution is -2.44. The van der Waals surface area contributed by atoms with E-state index in [1.807, 2.05) is 0 Å². The summed E-state index contributed by atoms with van der Waals surface area (Å²) in [6, 6.07) is -0.129. The molecule has 3 heteroatoms. The Morgan fingerprint density at radius 3 is 2.56 bits per heavy atom. The summed E-state index contributed by atoms with van der Waals surface area (Å²) in [6.07, 6.45) is 6.30. The fourth-order valence-corrected chi connectivity index (χ4v) is 2.39. The Morgan fingerprint density at radius 1 is 1.44 bits per heavy atom. The summed E-state index contributed by atoms with van der Waals surface area (Å²) in [4.78, 5) is 11.6. The van der Waals surface area contributed by atoms with Gasteiger partial charge in [-0.3, -0.25) is 4.79 Å². The molecule has 1 aliphatic carbocycles. The van der Waals surface area contributed by atoms with E-state index >= 15 is 0 Å². The lowest BCUT2D eigenvalue weighted by Gasteiger charge is -2.23. The molecular formula is C13H25NO2. The van der Waals surface area contributed by atoms with Crippen molar-refractivity contribution in [2.45, 2.75) is 52.0 Å². The van der Waals surface area contributed by atoms with Gasteiger partial charge in [-0.25, -0.2) is 0 Å². The molecule has 1 fully saturated rings. The summed E-state index contributed by atoms with van der Waals surface area (Å²) in [7, 11) is 1.47. The fourth-order valence-electron chi connectivity index (χ4n) is 2.39. The number of hydrogen-bond acceptors (Lipinski definition) is 3. The van der Waals surface area contributed by atoms with E-state index in [1.165, 1.54) is 32.8 Å². The maximum Gasteiger partial charge on any atom is 0.323 e. The second kappa shape index (κ2) is 6.89. The molecule has 3 nitrogen and oxygen atoms in total. The second-order valence-electron chi connectivity index (χ2n) is 4.95. The van der Waals surface area contributed by atoms with E-state index in [0.29, 0.717) is 5.92 Å². The van der Waals surface area contributed by atoms with Gasteiger partial charge in [0, 0.05) is 0 Å². The Labute approximate surface area is 98.9 Å². The number of rotatable bonds is 6. The third-order valence-electron chi connectivity index (χ3n) is 3.77. The van der Waals surface area contributed by atoms with Crippen LogP contribution in [0, 0.1) is 11.8 Å². The van der Waals surface area contributed by atoms with Crippen molar-refractivity contribution in [3.8, 4) is 0 Å². The first-order chi connectivity index (χ1) is 7.69. The van der Waals surface area contributed by atoms with Crippen molar-refractivity contribution in [2.75, 3.05) is 13.7 Å². The molecule has 0 spiro atoms. The molecule has 0 aliphatic heterocycles. The maximum absolute atomic E-state index is 11.6. The molecule has 94 valence electrons. The molecule has 2 unspecified atom stereocenters. The average Bonchev–Trinajstić information content (AvgIpc) is 2.81. The molecule has 0 aromatic heterocycles. The van der Waals surface area contributed by atoms with E-state index in [9.17, 15) is 4.79 Å². The molecule has 0 aromatic carbocycles. The van der Waals surface area contributed by atoms with Gasteiger partial charge in [0.2, 0.25) is 0 Å². The van der Waals surface area contributed by atoms with E-state index in [1.54, 1.807) is 0 Å². The highest BCUT2D eigenvalue weighted by Crippen LogP contribution is 2.24. The SMILES string of the molecule is CCC(C)C(NCC1CCCC1)C(=O)OC. The van der Waals surface area contributed by atoms with Crippen LogP contribution in [0.4, 0.5) is 0 Å². The van der Waals surface area contributed by atoms with E-state index in [2.05, 4.69) is 19.2 Å². The molecule has 1 aliphatic rings. The zero-order valence-corrected chi connectivity index (χ0v) is 10.8.